The van der Waals surface area contributed by atoms with Crippen LogP contribution < -0.4 is 15.6 Å². The lowest BCUT2D eigenvalue weighted by molar-refractivity contribution is -0.123. The topological polar surface area (TPSA) is 96.1 Å². The number of rotatable bonds is 5. The summed E-state index contributed by atoms with van der Waals surface area (Å²) in [6.45, 7) is 7.72. The van der Waals surface area contributed by atoms with Crippen LogP contribution >= 0.6 is 15.9 Å². The molecule has 7 nitrogen and oxygen atoms in total. The Labute approximate surface area is 154 Å². The van der Waals surface area contributed by atoms with Gasteiger partial charge in [0.2, 0.25) is 0 Å². The molecule has 1 heterocycles. The largest absolute Gasteiger partial charge is 0.484 e. The number of hydrogen-bond donors (Lipinski definition) is 3. The molecule has 0 aliphatic heterocycles. The maximum atomic E-state index is 12.1. The fourth-order valence-electron chi connectivity index (χ4n) is 2.05. The average Bonchev–Trinajstić information content (AvgIpc) is 2.95. The monoisotopic (exact) mass is 408 g/mol. The van der Waals surface area contributed by atoms with Crippen LogP contribution in [0.3, 0.4) is 0 Å². The Hall–Kier alpha value is -2.35. The van der Waals surface area contributed by atoms with Gasteiger partial charge in [-0.05, 0) is 59.0 Å². The molecule has 0 atom stereocenters. The van der Waals surface area contributed by atoms with Crippen molar-refractivity contribution in [1.82, 2.24) is 21.0 Å². The van der Waals surface area contributed by atoms with E-state index >= 15 is 0 Å². The number of hydrazine groups is 1. The first-order chi connectivity index (χ1) is 11.8. The number of aromatic amines is 1. The zero-order valence-electron chi connectivity index (χ0n) is 14.6. The molecule has 2 rings (SSSR count). The third kappa shape index (κ3) is 4.82. The lowest BCUT2D eigenvalue weighted by Crippen LogP contribution is -2.44. The molecule has 0 unspecified atom stereocenters. The average molecular weight is 409 g/mol. The molecule has 1 aromatic heterocycles. The first kappa shape index (κ1) is 19.0. The van der Waals surface area contributed by atoms with Gasteiger partial charge in [-0.1, -0.05) is 19.9 Å². The number of benzene rings is 1. The maximum Gasteiger partial charge on any atom is 0.291 e. The number of nitrogens with one attached hydrogen (secondary N) is 3. The lowest BCUT2D eigenvalue weighted by Gasteiger charge is -2.09. The highest BCUT2D eigenvalue weighted by Crippen LogP contribution is 2.25. The van der Waals surface area contributed by atoms with Gasteiger partial charge in [-0.3, -0.25) is 25.5 Å². The summed E-state index contributed by atoms with van der Waals surface area (Å²) in [4.78, 5) is 23.9. The first-order valence-electron chi connectivity index (χ1n) is 7.82. The quantitative estimate of drug-likeness (QED) is 0.662. The van der Waals surface area contributed by atoms with Crippen LogP contribution in [0.2, 0.25) is 0 Å². The van der Waals surface area contributed by atoms with Crippen molar-refractivity contribution in [2.45, 2.75) is 33.6 Å². The number of halogens is 1. The van der Waals surface area contributed by atoms with Crippen molar-refractivity contribution in [2.24, 2.45) is 0 Å². The second-order valence-corrected chi connectivity index (χ2v) is 6.78. The molecule has 0 spiro atoms. The molecule has 2 aromatic rings. The number of aromatic nitrogens is 2. The molecule has 0 aliphatic rings. The Morgan fingerprint density at radius 3 is 2.56 bits per heavy atom. The van der Waals surface area contributed by atoms with Crippen LogP contribution in [0.25, 0.3) is 0 Å². The van der Waals surface area contributed by atoms with E-state index in [1.807, 2.05) is 39.8 Å². The predicted octanol–water partition coefficient (Wildman–Crippen LogP) is 2.75. The highest BCUT2D eigenvalue weighted by atomic mass is 79.9. The van der Waals surface area contributed by atoms with Gasteiger partial charge in [0.25, 0.3) is 11.8 Å². The summed E-state index contributed by atoms with van der Waals surface area (Å²) >= 11 is 3.34. The predicted molar refractivity (Wildman–Crippen MR) is 97.4 cm³/mol. The molecule has 2 amide bonds. The highest BCUT2D eigenvalue weighted by Gasteiger charge is 2.19. The van der Waals surface area contributed by atoms with Gasteiger partial charge in [-0.15, -0.1) is 0 Å². The Kier molecular flexibility index (Phi) is 6.19. The maximum absolute atomic E-state index is 12.1. The SMILES string of the molecule is Cc1ccc(OCC(=O)NNC(=O)c2n[nH]c(C(C)C)c2Br)cc1C. The van der Waals surface area contributed by atoms with Gasteiger partial charge in [0.1, 0.15) is 5.75 Å². The molecular weight excluding hydrogens is 388 g/mol. The van der Waals surface area contributed by atoms with Gasteiger partial charge < -0.3 is 4.74 Å². The fourth-order valence-corrected chi connectivity index (χ4v) is 2.86. The Morgan fingerprint density at radius 2 is 1.96 bits per heavy atom. The van der Waals surface area contributed by atoms with Crippen molar-refractivity contribution in [3.05, 3.63) is 45.2 Å². The van der Waals surface area contributed by atoms with Crippen LogP contribution in [0.15, 0.2) is 22.7 Å². The number of carbonyl (C=O) groups excluding carboxylic acids is 2. The van der Waals surface area contributed by atoms with Gasteiger partial charge in [0.15, 0.2) is 12.3 Å². The molecule has 1 aromatic carbocycles. The molecule has 25 heavy (non-hydrogen) atoms. The summed E-state index contributed by atoms with van der Waals surface area (Å²) in [5.41, 5.74) is 7.84. The number of ether oxygens (including phenoxy) is 1. The molecule has 134 valence electrons. The van der Waals surface area contributed by atoms with Gasteiger partial charge in [-0.2, -0.15) is 5.10 Å². The molecule has 0 bridgehead atoms. The summed E-state index contributed by atoms with van der Waals surface area (Å²) in [6.07, 6.45) is 0. The minimum absolute atomic E-state index is 0.180. The van der Waals surface area contributed by atoms with E-state index < -0.39 is 11.8 Å². The van der Waals surface area contributed by atoms with E-state index in [9.17, 15) is 9.59 Å². The van der Waals surface area contributed by atoms with Crippen LogP contribution in [0, 0.1) is 13.8 Å². The molecule has 0 aliphatic carbocycles. The molecule has 8 heteroatoms. The zero-order chi connectivity index (χ0) is 18.6. The van der Waals surface area contributed by atoms with Crippen molar-refractivity contribution in [3.63, 3.8) is 0 Å². The molecule has 0 radical (unpaired) electrons. The highest BCUT2D eigenvalue weighted by molar-refractivity contribution is 9.10. The number of aryl methyl sites for hydroxylation is 2. The number of H-pyrrole nitrogens is 1. The molecule has 0 saturated carbocycles. The van der Waals surface area contributed by atoms with Crippen molar-refractivity contribution in [2.75, 3.05) is 6.61 Å². The summed E-state index contributed by atoms with van der Waals surface area (Å²) in [5, 5.41) is 6.76. The van der Waals surface area contributed by atoms with E-state index in [-0.39, 0.29) is 18.2 Å². The molecular formula is C17H21BrN4O3. The van der Waals surface area contributed by atoms with Crippen LogP contribution in [0.5, 0.6) is 5.75 Å². The summed E-state index contributed by atoms with van der Waals surface area (Å²) in [5.74, 6) is -0.206. The van der Waals surface area contributed by atoms with Gasteiger partial charge in [0.05, 0.1) is 10.2 Å². The Morgan fingerprint density at radius 1 is 1.24 bits per heavy atom. The standard InChI is InChI=1S/C17H21BrN4O3/c1-9(2)15-14(18)16(21-20-15)17(24)22-19-13(23)8-25-12-6-5-10(3)11(4)7-12/h5-7,9H,8H2,1-4H3,(H,19,23)(H,20,21)(H,22,24). The minimum atomic E-state index is -0.519. The van der Waals surface area contributed by atoms with E-state index in [2.05, 4.69) is 37.0 Å². The summed E-state index contributed by atoms with van der Waals surface area (Å²) in [7, 11) is 0. The molecule has 0 fully saturated rings. The number of carbonyl (C=O) groups is 2. The molecule has 3 N–H and O–H groups in total. The normalized spacial score (nSPS) is 10.6. The zero-order valence-corrected chi connectivity index (χ0v) is 16.2. The van der Waals surface area contributed by atoms with Crippen LogP contribution in [0.1, 0.15) is 47.1 Å². The van der Waals surface area contributed by atoms with Crippen LogP contribution in [0.4, 0.5) is 0 Å². The minimum Gasteiger partial charge on any atom is -0.484 e. The first-order valence-corrected chi connectivity index (χ1v) is 8.62. The smallest absolute Gasteiger partial charge is 0.291 e. The number of nitrogens with zero attached hydrogens (tertiary/aromatic N) is 1. The lowest BCUT2D eigenvalue weighted by atomic mass is 10.1. The Bertz CT molecular complexity index is 786. The van der Waals surface area contributed by atoms with Crippen LogP contribution in [-0.2, 0) is 4.79 Å². The van der Waals surface area contributed by atoms with Gasteiger partial charge in [-0.25, -0.2) is 0 Å². The van der Waals surface area contributed by atoms with Crippen molar-refractivity contribution in [1.29, 1.82) is 0 Å². The number of amides is 2. The van der Waals surface area contributed by atoms with E-state index in [0.717, 1.165) is 16.8 Å². The van der Waals surface area contributed by atoms with Crippen molar-refractivity contribution in [3.8, 4) is 5.75 Å². The third-order valence-corrected chi connectivity index (χ3v) is 4.49. The summed E-state index contributed by atoms with van der Waals surface area (Å²) in [6, 6.07) is 5.57. The summed E-state index contributed by atoms with van der Waals surface area (Å²) < 4.78 is 5.99. The van der Waals surface area contributed by atoms with Gasteiger partial charge >= 0.3 is 0 Å². The number of hydrogen-bond acceptors (Lipinski definition) is 4. The van der Waals surface area contributed by atoms with E-state index in [4.69, 9.17) is 4.74 Å². The third-order valence-electron chi connectivity index (χ3n) is 3.69. The van der Waals surface area contributed by atoms with E-state index in [1.165, 1.54) is 0 Å². The fraction of sp³-hybridized carbons (Fsp3) is 0.353. The molecule has 0 saturated heterocycles. The van der Waals surface area contributed by atoms with E-state index in [0.29, 0.717) is 10.2 Å². The van der Waals surface area contributed by atoms with Crippen molar-refractivity contribution < 1.29 is 14.3 Å². The van der Waals surface area contributed by atoms with Gasteiger partial charge in [0, 0.05) is 0 Å². The van der Waals surface area contributed by atoms with Crippen LogP contribution in [-0.4, -0.2) is 28.6 Å². The second-order valence-electron chi connectivity index (χ2n) is 5.99. The van der Waals surface area contributed by atoms with Crippen molar-refractivity contribution >= 4 is 27.7 Å². The Balaban J connectivity index is 1.85. The second kappa shape index (κ2) is 8.15. The van der Waals surface area contributed by atoms with E-state index in [1.54, 1.807) is 6.07 Å².